The number of rotatable bonds is 13. The van der Waals surface area contributed by atoms with Gasteiger partial charge in [-0.1, -0.05) is 66.9 Å². The highest BCUT2D eigenvalue weighted by Crippen LogP contribution is 2.30. The molecule has 0 aliphatic rings. The number of carbonyl (C=O) groups excluding carboxylic acids is 2. The molecule has 0 saturated carbocycles. The first-order chi connectivity index (χ1) is 19.9. The van der Waals surface area contributed by atoms with Crippen molar-refractivity contribution in [2.24, 2.45) is 0 Å². The minimum Gasteiger partial charge on any atom is -0.497 e. The first-order valence-electron chi connectivity index (χ1n) is 13.7. The van der Waals surface area contributed by atoms with Crippen LogP contribution in [-0.2, 0) is 26.2 Å². The highest BCUT2D eigenvalue weighted by Gasteiger charge is 2.34. The Morgan fingerprint density at radius 2 is 1.52 bits per heavy atom. The summed E-state index contributed by atoms with van der Waals surface area (Å²) in [6.45, 7) is 6.99. The molecule has 2 atom stereocenters. The van der Waals surface area contributed by atoms with Gasteiger partial charge in [0.1, 0.15) is 18.3 Å². The molecule has 0 saturated heterocycles. The van der Waals surface area contributed by atoms with Crippen LogP contribution in [0.15, 0.2) is 71.6 Å². The highest BCUT2D eigenvalue weighted by atomic mass is 35.5. The van der Waals surface area contributed by atoms with Crippen molar-refractivity contribution in [3.8, 4) is 5.75 Å². The maximum atomic E-state index is 14.2. The number of anilines is 1. The molecule has 3 rings (SSSR count). The lowest BCUT2D eigenvalue weighted by Gasteiger charge is -2.33. The van der Waals surface area contributed by atoms with E-state index in [1.807, 2.05) is 27.7 Å². The van der Waals surface area contributed by atoms with Gasteiger partial charge in [-0.05, 0) is 74.7 Å². The molecule has 0 radical (unpaired) electrons. The van der Waals surface area contributed by atoms with Crippen LogP contribution in [0.2, 0.25) is 10.0 Å². The molecule has 2 amide bonds. The Balaban J connectivity index is 2.09. The third-order valence-corrected chi connectivity index (χ3v) is 9.15. The summed E-state index contributed by atoms with van der Waals surface area (Å²) in [4.78, 5) is 29.0. The van der Waals surface area contributed by atoms with Crippen LogP contribution in [0.1, 0.15) is 44.7 Å². The Labute approximate surface area is 258 Å². The van der Waals surface area contributed by atoms with Crippen molar-refractivity contribution in [3.05, 3.63) is 87.9 Å². The second-order valence-corrected chi connectivity index (χ2v) is 12.8. The molecule has 0 aliphatic heterocycles. The maximum Gasteiger partial charge on any atom is 0.264 e. The molecule has 0 aromatic heterocycles. The average Bonchev–Trinajstić information content (AvgIpc) is 2.95. The number of ether oxygens (including phenoxy) is 1. The summed E-state index contributed by atoms with van der Waals surface area (Å²) in [5.41, 5.74) is 1.76. The van der Waals surface area contributed by atoms with E-state index >= 15 is 0 Å². The van der Waals surface area contributed by atoms with Gasteiger partial charge in [-0.25, -0.2) is 8.42 Å². The Morgan fingerprint density at radius 1 is 0.929 bits per heavy atom. The zero-order valence-electron chi connectivity index (χ0n) is 24.4. The van der Waals surface area contributed by atoms with Crippen LogP contribution in [0.3, 0.4) is 0 Å². The quantitative estimate of drug-likeness (QED) is 0.241. The minimum absolute atomic E-state index is 0.000238. The van der Waals surface area contributed by atoms with Crippen molar-refractivity contribution in [2.75, 3.05) is 18.0 Å². The van der Waals surface area contributed by atoms with Crippen molar-refractivity contribution < 1.29 is 22.7 Å². The lowest BCUT2D eigenvalue weighted by atomic mass is 10.1. The van der Waals surface area contributed by atoms with Gasteiger partial charge in [0.05, 0.1) is 17.7 Å². The van der Waals surface area contributed by atoms with Crippen molar-refractivity contribution in [2.45, 2.75) is 64.1 Å². The highest BCUT2D eigenvalue weighted by molar-refractivity contribution is 7.92. The van der Waals surface area contributed by atoms with E-state index in [1.165, 1.54) is 35.2 Å². The molecule has 42 heavy (non-hydrogen) atoms. The summed E-state index contributed by atoms with van der Waals surface area (Å²) < 4.78 is 34.2. The number of aryl methyl sites for hydroxylation is 1. The SMILES string of the molecule is CC[C@@H](C)NC(=O)[C@@H](CC)N(Cc1ccc(OC)cc1)C(=O)CN(c1cc(Cl)cc(Cl)c1)S(=O)(=O)c1ccc(C)cc1. The first kappa shape index (κ1) is 33.2. The fourth-order valence-corrected chi connectivity index (χ4v) is 6.25. The van der Waals surface area contributed by atoms with E-state index in [-0.39, 0.29) is 39.1 Å². The van der Waals surface area contributed by atoms with Gasteiger partial charge < -0.3 is 15.0 Å². The number of hydrogen-bond donors (Lipinski definition) is 1. The van der Waals surface area contributed by atoms with E-state index in [9.17, 15) is 18.0 Å². The van der Waals surface area contributed by atoms with E-state index < -0.39 is 28.5 Å². The minimum atomic E-state index is -4.24. The van der Waals surface area contributed by atoms with E-state index in [4.69, 9.17) is 27.9 Å². The number of nitrogens with one attached hydrogen (secondary N) is 1. The number of sulfonamides is 1. The second-order valence-electron chi connectivity index (χ2n) is 10.1. The molecule has 0 aliphatic carbocycles. The summed E-state index contributed by atoms with van der Waals surface area (Å²) in [5.74, 6) is -0.234. The van der Waals surface area contributed by atoms with Gasteiger partial charge in [0, 0.05) is 22.6 Å². The third-order valence-electron chi connectivity index (χ3n) is 6.92. The Bertz CT molecular complexity index is 1460. The zero-order chi connectivity index (χ0) is 31.0. The van der Waals surface area contributed by atoms with Crippen LogP contribution in [0.4, 0.5) is 5.69 Å². The molecule has 3 aromatic carbocycles. The Kier molecular flexibility index (Phi) is 11.7. The van der Waals surface area contributed by atoms with E-state index in [1.54, 1.807) is 43.5 Å². The van der Waals surface area contributed by atoms with Gasteiger partial charge in [-0.2, -0.15) is 0 Å². The monoisotopic (exact) mass is 633 g/mol. The molecule has 0 bridgehead atoms. The standard InChI is InChI=1S/C31H37Cl2N3O5S/c1-6-22(4)34-31(38)29(7-2)35(19-23-10-12-27(41-5)13-11-23)30(37)20-36(26-17-24(32)16-25(33)18-26)42(39,40)28-14-8-21(3)9-15-28/h8-18,22,29H,6-7,19-20H2,1-5H3,(H,34,38)/t22-,29-/m1/s1. The molecule has 0 unspecified atom stereocenters. The molecule has 11 heteroatoms. The molecule has 0 heterocycles. The topological polar surface area (TPSA) is 96.0 Å². The normalized spacial score (nSPS) is 12.7. The molecule has 0 spiro atoms. The van der Waals surface area contributed by atoms with Gasteiger partial charge >= 0.3 is 0 Å². The molecular weight excluding hydrogens is 597 g/mol. The van der Waals surface area contributed by atoms with Crippen molar-refractivity contribution in [3.63, 3.8) is 0 Å². The Morgan fingerprint density at radius 3 is 2.05 bits per heavy atom. The summed E-state index contributed by atoms with van der Waals surface area (Å²) in [6.07, 6.45) is 1.03. The molecule has 0 fully saturated rings. The Hall–Kier alpha value is -3.27. The number of amides is 2. The molecule has 3 aromatic rings. The lowest BCUT2D eigenvalue weighted by molar-refractivity contribution is -0.140. The second kappa shape index (κ2) is 14.8. The summed E-state index contributed by atoms with van der Waals surface area (Å²) in [5, 5.41) is 3.38. The van der Waals surface area contributed by atoms with E-state index in [2.05, 4.69) is 5.32 Å². The number of halogens is 2. The fourth-order valence-electron chi connectivity index (χ4n) is 4.34. The summed E-state index contributed by atoms with van der Waals surface area (Å²) in [7, 11) is -2.68. The van der Waals surface area contributed by atoms with Crippen LogP contribution >= 0.6 is 23.2 Å². The van der Waals surface area contributed by atoms with Crippen LogP contribution in [0, 0.1) is 6.92 Å². The number of hydrogen-bond acceptors (Lipinski definition) is 5. The van der Waals surface area contributed by atoms with Gasteiger partial charge in [-0.15, -0.1) is 0 Å². The van der Waals surface area contributed by atoms with E-state index in [0.29, 0.717) is 18.6 Å². The zero-order valence-corrected chi connectivity index (χ0v) is 26.8. The largest absolute Gasteiger partial charge is 0.497 e. The van der Waals surface area contributed by atoms with Crippen molar-refractivity contribution in [1.29, 1.82) is 0 Å². The number of nitrogens with zero attached hydrogens (tertiary/aromatic N) is 2. The third kappa shape index (κ3) is 8.40. The fraction of sp³-hybridized carbons (Fsp3) is 0.355. The van der Waals surface area contributed by atoms with Gasteiger partial charge in [-0.3, -0.25) is 13.9 Å². The van der Waals surface area contributed by atoms with Crippen LogP contribution in [-0.4, -0.2) is 50.9 Å². The molecule has 8 nitrogen and oxygen atoms in total. The van der Waals surface area contributed by atoms with Crippen molar-refractivity contribution >= 4 is 50.7 Å². The van der Waals surface area contributed by atoms with Crippen molar-refractivity contribution in [1.82, 2.24) is 10.2 Å². The first-order valence-corrected chi connectivity index (χ1v) is 15.9. The number of carbonyl (C=O) groups is 2. The average molecular weight is 635 g/mol. The van der Waals surface area contributed by atoms with Gasteiger partial charge in [0.25, 0.3) is 10.0 Å². The van der Waals surface area contributed by atoms with Crippen LogP contribution in [0.25, 0.3) is 0 Å². The predicted octanol–water partition coefficient (Wildman–Crippen LogP) is 6.23. The summed E-state index contributed by atoms with van der Waals surface area (Å²) in [6, 6.07) is 16.9. The molecule has 1 N–H and O–H groups in total. The van der Waals surface area contributed by atoms with Gasteiger partial charge in [0.2, 0.25) is 11.8 Å². The molecule has 226 valence electrons. The summed E-state index contributed by atoms with van der Waals surface area (Å²) >= 11 is 12.5. The number of benzene rings is 3. The van der Waals surface area contributed by atoms with Gasteiger partial charge in [0.15, 0.2) is 0 Å². The smallest absolute Gasteiger partial charge is 0.264 e. The van der Waals surface area contributed by atoms with Crippen LogP contribution < -0.4 is 14.4 Å². The van der Waals surface area contributed by atoms with E-state index in [0.717, 1.165) is 15.4 Å². The number of methoxy groups -OCH3 is 1. The predicted molar refractivity (Wildman–Crippen MR) is 168 cm³/mol. The molecular formula is C31H37Cl2N3O5S. The lowest BCUT2D eigenvalue weighted by Crippen LogP contribution is -2.53. The maximum absolute atomic E-state index is 14.2. The van der Waals surface area contributed by atoms with Crippen LogP contribution in [0.5, 0.6) is 5.75 Å².